The van der Waals surface area contributed by atoms with E-state index in [4.69, 9.17) is 14.2 Å². The molecule has 0 aliphatic carbocycles. The molecule has 0 radical (unpaired) electrons. The Kier molecular flexibility index (Phi) is 64.7. The molecule has 0 N–H and O–H groups in total. The van der Waals surface area contributed by atoms with E-state index in [-0.39, 0.29) is 31.1 Å². The molecule has 0 saturated carbocycles. The molecule has 460 valence electrons. The Labute approximate surface area is 496 Å². The van der Waals surface area contributed by atoms with Crippen molar-refractivity contribution in [1.82, 2.24) is 0 Å². The van der Waals surface area contributed by atoms with Crippen molar-refractivity contribution in [3.63, 3.8) is 0 Å². The molecular formula is C74H128O6. The van der Waals surface area contributed by atoms with E-state index < -0.39 is 6.10 Å². The molecule has 6 nitrogen and oxygen atoms in total. The fraction of sp³-hybridized carbons (Fsp3) is 0.743. The van der Waals surface area contributed by atoms with Crippen molar-refractivity contribution < 1.29 is 28.6 Å². The number of ether oxygens (including phenoxy) is 3. The summed E-state index contributed by atoms with van der Waals surface area (Å²) in [6, 6.07) is 0. The fourth-order valence-corrected chi connectivity index (χ4v) is 9.71. The molecular weight excluding hydrogens is 985 g/mol. The smallest absolute Gasteiger partial charge is 0.306 e. The number of hydrogen-bond donors (Lipinski definition) is 0. The Balaban J connectivity index is 4.30. The van der Waals surface area contributed by atoms with Crippen molar-refractivity contribution in [2.45, 2.75) is 341 Å². The summed E-state index contributed by atoms with van der Waals surface area (Å²) in [5.41, 5.74) is 0. The summed E-state index contributed by atoms with van der Waals surface area (Å²) in [5.74, 6) is -0.874. The van der Waals surface area contributed by atoms with Crippen LogP contribution in [-0.4, -0.2) is 37.2 Å². The minimum absolute atomic E-state index is 0.0776. The van der Waals surface area contributed by atoms with Gasteiger partial charge in [-0.05, 0) is 103 Å². The predicted molar refractivity (Wildman–Crippen MR) is 348 cm³/mol. The third-order valence-corrected chi connectivity index (χ3v) is 14.8. The number of unbranched alkanes of at least 4 members (excludes halogenated alkanes) is 35. The van der Waals surface area contributed by atoms with Crippen molar-refractivity contribution in [3.8, 4) is 0 Å². The lowest BCUT2D eigenvalue weighted by Gasteiger charge is -2.18. The van der Waals surface area contributed by atoms with Crippen LogP contribution in [0.25, 0.3) is 0 Å². The summed E-state index contributed by atoms with van der Waals surface area (Å²) < 4.78 is 17.0. The molecule has 0 aromatic carbocycles. The van der Waals surface area contributed by atoms with Crippen LogP contribution < -0.4 is 0 Å². The highest BCUT2D eigenvalue weighted by atomic mass is 16.6. The number of allylic oxidation sites excluding steroid dienone is 16. The zero-order chi connectivity index (χ0) is 57.8. The number of hydrogen-bond acceptors (Lipinski definition) is 6. The van der Waals surface area contributed by atoms with Crippen LogP contribution in [0, 0.1) is 0 Å². The Morgan fingerprint density at radius 3 is 0.762 bits per heavy atom. The topological polar surface area (TPSA) is 78.9 Å². The Morgan fingerprint density at radius 1 is 0.263 bits per heavy atom. The zero-order valence-corrected chi connectivity index (χ0v) is 52.8. The summed E-state index contributed by atoms with van der Waals surface area (Å²) in [7, 11) is 0. The lowest BCUT2D eigenvalue weighted by molar-refractivity contribution is -0.167. The lowest BCUT2D eigenvalue weighted by atomic mass is 10.0. The lowest BCUT2D eigenvalue weighted by Crippen LogP contribution is -2.30. The Bertz CT molecular complexity index is 1560. The van der Waals surface area contributed by atoms with E-state index in [0.717, 1.165) is 109 Å². The molecule has 0 saturated heterocycles. The van der Waals surface area contributed by atoms with Crippen molar-refractivity contribution in [3.05, 3.63) is 97.2 Å². The molecule has 0 rings (SSSR count). The largest absolute Gasteiger partial charge is 0.462 e. The molecule has 0 heterocycles. The minimum Gasteiger partial charge on any atom is -0.462 e. The van der Waals surface area contributed by atoms with Gasteiger partial charge in [-0.2, -0.15) is 0 Å². The molecule has 0 aliphatic heterocycles. The van der Waals surface area contributed by atoms with Gasteiger partial charge in [0.15, 0.2) is 6.10 Å². The second kappa shape index (κ2) is 67.8. The SMILES string of the molecule is CC/C=C\C/C=C\C/C=C\C/C=C\C/C=C\C/C=C\CCCCCCCCCCC(=O)OCC(COC(=O)CCCCCCCCCCCCCC)OC(=O)CCCCCCCCCCCCC/C=C\C/C=C\CCCCCCC. The van der Waals surface area contributed by atoms with Crippen LogP contribution in [-0.2, 0) is 28.6 Å². The van der Waals surface area contributed by atoms with E-state index in [1.807, 2.05) is 0 Å². The summed E-state index contributed by atoms with van der Waals surface area (Å²) in [4.78, 5) is 38.4. The summed E-state index contributed by atoms with van der Waals surface area (Å²) in [6.45, 7) is 6.54. The molecule has 0 aromatic rings. The third kappa shape index (κ3) is 65.1. The second-order valence-corrected chi connectivity index (χ2v) is 22.7. The maximum absolute atomic E-state index is 12.9. The van der Waals surface area contributed by atoms with Crippen LogP contribution in [0.5, 0.6) is 0 Å². The first-order valence-corrected chi connectivity index (χ1v) is 34.2. The highest BCUT2D eigenvalue weighted by Gasteiger charge is 2.19. The van der Waals surface area contributed by atoms with Crippen molar-refractivity contribution in [2.75, 3.05) is 13.2 Å². The molecule has 80 heavy (non-hydrogen) atoms. The first-order chi connectivity index (χ1) is 39.5. The van der Waals surface area contributed by atoms with Crippen LogP contribution in [0.3, 0.4) is 0 Å². The highest BCUT2D eigenvalue weighted by Crippen LogP contribution is 2.17. The molecule has 0 bridgehead atoms. The average Bonchev–Trinajstić information content (AvgIpc) is 3.46. The maximum Gasteiger partial charge on any atom is 0.306 e. The quantitative estimate of drug-likeness (QED) is 0.0261. The standard InChI is InChI=1S/C74H128O6/c1-4-7-10-13-16-19-22-25-27-29-31-33-35-36-37-38-40-41-43-45-47-49-52-55-58-61-64-67-73(76)79-70-71(69-78-72(75)66-63-60-57-54-51-24-21-18-15-12-9-6-3)80-74(77)68-65-62-59-56-53-50-48-46-44-42-39-34-32-30-28-26-23-20-17-14-11-8-5-2/h7,10,16,19,23,25-27,30-33,36-37,40-41,71H,4-6,8-9,11-15,17-18,20-22,24,28-29,34-35,38-39,42-70H2,1-3H3/b10-7-,19-16-,26-23-,27-25-,32-30-,33-31-,37-36-,41-40-. The van der Waals surface area contributed by atoms with Gasteiger partial charge in [-0.1, -0.05) is 311 Å². The van der Waals surface area contributed by atoms with Gasteiger partial charge in [0.1, 0.15) is 13.2 Å². The average molecular weight is 1110 g/mol. The zero-order valence-electron chi connectivity index (χ0n) is 52.8. The van der Waals surface area contributed by atoms with Gasteiger partial charge in [0, 0.05) is 19.3 Å². The van der Waals surface area contributed by atoms with E-state index in [1.165, 1.54) is 186 Å². The van der Waals surface area contributed by atoms with Gasteiger partial charge in [-0.3, -0.25) is 14.4 Å². The maximum atomic E-state index is 12.9. The molecule has 0 spiro atoms. The van der Waals surface area contributed by atoms with Gasteiger partial charge in [0.05, 0.1) is 0 Å². The van der Waals surface area contributed by atoms with Gasteiger partial charge in [0.25, 0.3) is 0 Å². The minimum atomic E-state index is -0.782. The summed E-state index contributed by atoms with van der Waals surface area (Å²) in [5, 5.41) is 0. The van der Waals surface area contributed by atoms with Crippen LogP contribution in [0.2, 0.25) is 0 Å². The van der Waals surface area contributed by atoms with E-state index in [9.17, 15) is 14.4 Å². The van der Waals surface area contributed by atoms with E-state index >= 15 is 0 Å². The Morgan fingerprint density at radius 2 is 0.487 bits per heavy atom. The summed E-state index contributed by atoms with van der Waals surface area (Å²) >= 11 is 0. The van der Waals surface area contributed by atoms with Crippen molar-refractivity contribution >= 4 is 17.9 Å². The first-order valence-electron chi connectivity index (χ1n) is 34.2. The molecule has 6 heteroatoms. The third-order valence-electron chi connectivity index (χ3n) is 14.8. The van der Waals surface area contributed by atoms with Crippen LogP contribution in [0.4, 0.5) is 0 Å². The van der Waals surface area contributed by atoms with E-state index in [2.05, 4.69) is 118 Å². The number of carbonyl (C=O) groups is 3. The fourth-order valence-electron chi connectivity index (χ4n) is 9.71. The van der Waals surface area contributed by atoms with Gasteiger partial charge in [-0.25, -0.2) is 0 Å². The van der Waals surface area contributed by atoms with Crippen LogP contribution in [0.15, 0.2) is 97.2 Å². The molecule has 0 aliphatic rings. The van der Waals surface area contributed by atoms with Gasteiger partial charge in [0.2, 0.25) is 0 Å². The number of esters is 3. The second-order valence-electron chi connectivity index (χ2n) is 22.7. The highest BCUT2D eigenvalue weighted by molar-refractivity contribution is 5.71. The predicted octanol–water partition coefficient (Wildman–Crippen LogP) is 23.6. The summed E-state index contributed by atoms with van der Waals surface area (Å²) in [6.07, 6.45) is 91.3. The van der Waals surface area contributed by atoms with Gasteiger partial charge < -0.3 is 14.2 Å². The normalized spacial score (nSPS) is 12.7. The number of rotatable bonds is 62. The molecule has 0 amide bonds. The monoisotopic (exact) mass is 1110 g/mol. The number of carbonyl (C=O) groups excluding carboxylic acids is 3. The van der Waals surface area contributed by atoms with Gasteiger partial charge >= 0.3 is 17.9 Å². The van der Waals surface area contributed by atoms with Crippen LogP contribution in [0.1, 0.15) is 335 Å². The van der Waals surface area contributed by atoms with E-state index in [0.29, 0.717) is 19.3 Å². The Hall–Kier alpha value is -3.67. The first kappa shape index (κ1) is 76.3. The van der Waals surface area contributed by atoms with Gasteiger partial charge in [-0.15, -0.1) is 0 Å². The van der Waals surface area contributed by atoms with E-state index in [1.54, 1.807) is 0 Å². The molecule has 0 fully saturated rings. The molecule has 1 unspecified atom stereocenters. The van der Waals surface area contributed by atoms with Crippen molar-refractivity contribution in [2.24, 2.45) is 0 Å². The molecule has 0 aromatic heterocycles. The molecule has 1 atom stereocenters. The van der Waals surface area contributed by atoms with Crippen LogP contribution >= 0.6 is 0 Å². The van der Waals surface area contributed by atoms with Crippen molar-refractivity contribution in [1.29, 1.82) is 0 Å².